The minimum absolute atomic E-state index is 0.0652. The Hall–Kier alpha value is -2.81. The largest absolute Gasteiger partial charge is 0.507 e. The van der Waals surface area contributed by atoms with E-state index in [1.165, 1.54) is 4.90 Å². The molecule has 3 amide bonds. The smallest absolute Gasteiger partial charge is 0.408 e. The number of amides is 3. The first-order chi connectivity index (χ1) is 18.0. The molecule has 0 fully saturated rings. The number of aliphatic hydroxyl groups excluding tert-OH is 1. The number of phenols is 1. The fraction of sp³-hybridized carbons (Fsp3) is 0.690. The fourth-order valence-electron chi connectivity index (χ4n) is 4.10. The molecule has 4 N–H and O–H groups in total. The van der Waals surface area contributed by atoms with Crippen LogP contribution in [0.5, 0.6) is 5.75 Å². The number of ether oxygens (including phenoxy) is 1. The van der Waals surface area contributed by atoms with E-state index in [9.17, 15) is 24.6 Å². The summed E-state index contributed by atoms with van der Waals surface area (Å²) < 4.78 is 5.28. The van der Waals surface area contributed by atoms with Gasteiger partial charge in [-0.05, 0) is 46.1 Å². The van der Waals surface area contributed by atoms with Gasteiger partial charge in [-0.3, -0.25) is 9.59 Å². The van der Waals surface area contributed by atoms with Crippen molar-refractivity contribution in [3.63, 3.8) is 0 Å². The van der Waals surface area contributed by atoms with Crippen molar-refractivity contribution in [1.82, 2.24) is 15.5 Å². The molecule has 0 aliphatic rings. The van der Waals surface area contributed by atoms with Crippen LogP contribution in [0.25, 0.3) is 0 Å². The number of alkyl carbamates (subject to hydrolysis) is 1. The molecule has 1 aromatic rings. The third kappa shape index (κ3) is 11.3. The van der Waals surface area contributed by atoms with Crippen LogP contribution in [0.15, 0.2) is 18.2 Å². The number of carbonyl (C=O) groups excluding carboxylic acids is 3. The molecule has 0 bridgehead atoms. The van der Waals surface area contributed by atoms with Crippen LogP contribution in [0.4, 0.5) is 4.79 Å². The second-order valence-electron chi connectivity index (χ2n) is 10.7. The standard InChI is InChI=1S/C29H49N3O6/c1-7-9-11-12-13-14-19-32(27(36)23(20-33)31-28(37)38-29(4,5)6)24(26(35)30-18-10-8-2)22-17-15-16-21(3)25(22)34/h15-17,23-24,33-34H,7-14,18-20H2,1-6H3,(H,30,35)(H,31,37). The maximum atomic E-state index is 13.8. The minimum atomic E-state index is -1.32. The summed E-state index contributed by atoms with van der Waals surface area (Å²) in [7, 11) is 0. The van der Waals surface area contributed by atoms with E-state index in [-0.39, 0.29) is 12.3 Å². The van der Waals surface area contributed by atoms with Crippen molar-refractivity contribution in [3.8, 4) is 5.75 Å². The molecule has 0 spiro atoms. The van der Waals surface area contributed by atoms with Crippen LogP contribution < -0.4 is 10.6 Å². The summed E-state index contributed by atoms with van der Waals surface area (Å²) in [5.74, 6) is -1.11. The third-order valence-electron chi connectivity index (χ3n) is 6.16. The lowest BCUT2D eigenvalue weighted by Crippen LogP contribution is -2.54. The molecule has 0 radical (unpaired) electrons. The highest BCUT2D eigenvalue weighted by atomic mass is 16.6. The van der Waals surface area contributed by atoms with Crippen molar-refractivity contribution in [1.29, 1.82) is 0 Å². The number of nitrogens with zero attached hydrogens (tertiary/aromatic N) is 1. The Morgan fingerprint density at radius 1 is 1.00 bits per heavy atom. The number of para-hydroxylation sites is 1. The van der Waals surface area contributed by atoms with Gasteiger partial charge < -0.3 is 30.5 Å². The summed E-state index contributed by atoms with van der Waals surface area (Å²) in [5, 5.41) is 26.3. The molecule has 1 aromatic carbocycles. The predicted molar refractivity (Wildman–Crippen MR) is 149 cm³/mol. The Balaban J connectivity index is 3.38. The van der Waals surface area contributed by atoms with Crippen molar-refractivity contribution in [2.75, 3.05) is 19.7 Å². The zero-order chi connectivity index (χ0) is 28.7. The van der Waals surface area contributed by atoms with Gasteiger partial charge in [0.25, 0.3) is 0 Å². The summed E-state index contributed by atoms with van der Waals surface area (Å²) in [6.45, 7) is 11.0. The van der Waals surface area contributed by atoms with Gasteiger partial charge in [-0.15, -0.1) is 0 Å². The fourth-order valence-corrected chi connectivity index (χ4v) is 4.10. The number of rotatable bonds is 16. The first-order valence-electron chi connectivity index (χ1n) is 13.9. The topological polar surface area (TPSA) is 128 Å². The van der Waals surface area contributed by atoms with E-state index in [1.54, 1.807) is 45.9 Å². The number of unbranched alkanes of at least 4 members (excludes halogenated alkanes) is 6. The molecular formula is C29H49N3O6. The number of benzene rings is 1. The van der Waals surface area contributed by atoms with Crippen LogP contribution >= 0.6 is 0 Å². The third-order valence-corrected chi connectivity index (χ3v) is 6.16. The second-order valence-corrected chi connectivity index (χ2v) is 10.7. The van der Waals surface area contributed by atoms with Crippen LogP contribution in [0, 0.1) is 6.92 Å². The Morgan fingerprint density at radius 2 is 1.63 bits per heavy atom. The van der Waals surface area contributed by atoms with Crippen molar-refractivity contribution >= 4 is 17.9 Å². The molecule has 9 nitrogen and oxygen atoms in total. The molecule has 0 aromatic heterocycles. The maximum Gasteiger partial charge on any atom is 0.408 e. The Morgan fingerprint density at radius 3 is 2.24 bits per heavy atom. The van der Waals surface area contributed by atoms with E-state index in [0.29, 0.717) is 24.1 Å². The molecular weight excluding hydrogens is 486 g/mol. The summed E-state index contributed by atoms with van der Waals surface area (Å²) in [5.41, 5.74) is 0.0825. The van der Waals surface area contributed by atoms with Crippen molar-refractivity contribution in [3.05, 3.63) is 29.3 Å². The van der Waals surface area contributed by atoms with E-state index < -0.39 is 42.2 Å². The average Bonchev–Trinajstić information content (AvgIpc) is 2.84. The van der Waals surface area contributed by atoms with Crippen molar-refractivity contribution < 1.29 is 29.3 Å². The lowest BCUT2D eigenvalue weighted by Gasteiger charge is -2.34. The first-order valence-corrected chi connectivity index (χ1v) is 13.9. The number of aryl methyl sites for hydroxylation is 1. The SMILES string of the molecule is CCCCCCCCN(C(=O)C(CO)NC(=O)OC(C)(C)C)C(C(=O)NCCCC)c1cccc(C)c1O. The van der Waals surface area contributed by atoms with E-state index in [0.717, 1.165) is 44.9 Å². The van der Waals surface area contributed by atoms with Gasteiger partial charge in [0.05, 0.1) is 6.61 Å². The van der Waals surface area contributed by atoms with Crippen molar-refractivity contribution in [2.45, 2.75) is 111 Å². The number of nitrogens with one attached hydrogen (secondary N) is 2. The van der Waals surface area contributed by atoms with Crippen LogP contribution in [0.1, 0.15) is 103 Å². The molecule has 2 atom stereocenters. The van der Waals surface area contributed by atoms with Crippen LogP contribution in [0.2, 0.25) is 0 Å². The maximum absolute atomic E-state index is 13.8. The lowest BCUT2D eigenvalue weighted by atomic mass is 9.98. The van der Waals surface area contributed by atoms with Gasteiger partial charge in [0, 0.05) is 18.7 Å². The zero-order valence-electron chi connectivity index (χ0n) is 24.1. The molecule has 1 rings (SSSR count). The zero-order valence-corrected chi connectivity index (χ0v) is 24.1. The van der Waals surface area contributed by atoms with Gasteiger partial charge in [0.2, 0.25) is 11.8 Å². The van der Waals surface area contributed by atoms with Gasteiger partial charge in [0.1, 0.15) is 23.4 Å². The lowest BCUT2D eigenvalue weighted by molar-refractivity contribution is -0.143. The number of hydrogen-bond acceptors (Lipinski definition) is 6. The van der Waals surface area contributed by atoms with E-state index in [2.05, 4.69) is 17.6 Å². The second kappa shape index (κ2) is 16.9. The molecule has 9 heteroatoms. The van der Waals surface area contributed by atoms with Gasteiger partial charge in [-0.2, -0.15) is 0 Å². The Labute approximate surface area is 228 Å². The number of aromatic hydroxyl groups is 1. The number of carbonyl (C=O) groups is 3. The van der Waals surface area contributed by atoms with Crippen LogP contribution in [-0.4, -0.2) is 64.4 Å². The molecule has 216 valence electrons. The van der Waals surface area contributed by atoms with Gasteiger partial charge >= 0.3 is 6.09 Å². The summed E-state index contributed by atoms with van der Waals surface area (Å²) in [6.07, 6.45) is 6.63. The number of hydrogen-bond donors (Lipinski definition) is 4. The highest BCUT2D eigenvalue weighted by Crippen LogP contribution is 2.32. The predicted octanol–water partition coefficient (Wildman–Crippen LogP) is 4.73. The highest BCUT2D eigenvalue weighted by Gasteiger charge is 2.37. The van der Waals surface area contributed by atoms with Gasteiger partial charge in [-0.25, -0.2) is 4.79 Å². The summed E-state index contributed by atoms with van der Waals surface area (Å²) in [4.78, 5) is 41.2. The molecule has 0 aliphatic carbocycles. The molecule has 38 heavy (non-hydrogen) atoms. The number of aliphatic hydroxyl groups is 1. The summed E-state index contributed by atoms with van der Waals surface area (Å²) in [6, 6.07) is 2.63. The molecule has 0 heterocycles. The van der Waals surface area contributed by atoms with E-state index in [4.69, 9.17) is 4.74 Å². The molecule has 0 saturated heterocycles. The first kappa shape index (κ1) is 33.2. The molecule has 2 unspecified atom stereocenters. The molecule has 0 saturated carbocycles. The van der Waals surface area contributed by atoms with Gasteiger partial charge in [-0.1, -0.05) is 70.6 Å². The van der Waals surface area contributed by atoms with Crippen LogP contribution in [-0.2, 0) is 14.3 Å². The normalized spacial score (nSPS) is 12.9. The summed E-state index contributed by atoms with van der Waals surface area (Å²) >= 11 is 0. The van der Waals surface area contributed by atoms with Crippen molar-refractivity contribution in [2.24, 2.45) is 0 Å². The minimum Gasteiger partial charge on any atom is -0.507 e. The van der Waals surface area contributed by atoms with E-state index >= 15 is 0 Å². The Bertz CT molecular complexity index is 884. The van der Waals surface area contributed by atoms with E-state index in [1.807, 2.05) is 6.92 Å². The monoisotopic (exact) mass is 535 g/mol. The quantitative estimate of drug-likeness (QED) is 0.227. The van der Waals surface area contributed by atoms with Crippen LogP contribution in [0.3, 0.4) is 0 Å². The molecule has 0 aliphatic heterocycles. The average molecular weight is 536 g/mol. The van der Waals surface area contributed by atoms with Gasteiger partial charge in [0.15, 0.2) is 0 Å². The number of phenolic OH excluding ortho intramolecular Hbond substituents is 1. The Kier molecular flexibility index (Phi) is 14.8. The highest BCUT2D eigenvalue weighted by molar-refractivity contribution is 5.92.